The maximum Gasteiger partial charge on any atom is 0.167 e. The second-order valence-electron chi connectivity index (χ2n) is 7.04. The highest BCUT2D eigenvalue weighted by atomic mass is 16.1. The summed E-state index contributed by atoms with van der Waals surface area (Å²) in [6.07, 6.45) is 1.42. The van der Waals surface area contributed by atoms with Crippen molar-refractivity contribution >= 4 is 5.78 Å². The van der Waals surface area contributed by atoms with Gasteiger partial charge in [0.25, 0.3) is 0 Å². The summed E-state index contributed by atoms with van der Waals surface area (Å²) in [6.45, 7) is 6.14. The van der Waals surface area contributed by atoms with Crippen LogP contribution in [0.2, 0.25) is 0 Å². The molecule has 0 saturated heterocycles. The topological polar surface area (TPSA) is 34.9 Å². The zero-order valence-corrected chi connectivity index (χ0v) is 14.9. The van der Waals surface area contributed by atoms with Gasteiger partial charge in [-0.05, 0) is 56.4 Å². The van der Waals surface area contributed by atoms with Gasteiger partial charge in [-0.1, -0.05) is 42.0 Å². The number of aromatic nitrogens is 2. The lowest BCUT2D eigenvalue weighted by Gasteiger charge is -2.24. The molecule has 0 unspecified atom stereocenters. The molecule has 0 N–H and O–H groups in total. The minimum atomic E-state index is 0.213. The smallest absolute Gasteiger partial charge is 0.167 e. The Bertz CT molecular complexity index is 951. The van der Waals surface area contributed by atoms with E-state index in [1.165, 1.54) is 16.7 Å². The highest BCUT2D eigenvalue weighted by molar-refractivity contribution is 6.00. The van der Waals surface area contributed by atoms with Crippen molar-refractivity contribution in [1.82, 2.24) is 9.78 Å². The van der Waals surface area contributed by atoms with Crippen molar-refractivity contribution in [2.75, 3.05) is 0 Å². The Labute approximate surface area is 148 Å². The Hall–Kier alpha value is -2.68. The van der Waals surface area contributed by atoms with Crippen LogP contribution in [0, 0.1) is 20.8 Å². The summed E-state index contributed by atoms with van der Waals surface area (Å²) in [5.74, 6) is 0.437. The number of carbonyl (C=O) groups is 1. The molecule has 3 heteroatoms. The molecule has 0 spiro atoms. The summed E-state index contributed by atoms with van der Waals surface area (Å²) in [6, 6.07) is 16.7. The molecule has 2 aromatic carbocycles. The molecule has 25 heavy (non-hydrogen) atoms. The van der Waals surface area contributed by atoms with Crippen LogP contribution in [-0.2, 0) is 6.42 Å². The summed E-state index contributed by atoms with van der Waals surface area (Å²) in [5, 5.41) is 4.69. The van der Waals surface area contributed by atoms with E-state index in [-0.39, 0.29) is 11.7 Å². The zero-order chi connectivity index (χ0) is 17.6. The first-order chi connectivity index (χ1) is 12.0. The Balaban J connectivity index is 1.81. The molecule has 0 aliphatic heterocycles. The highest BCUT2D eigenvalue weighted by Gasteiger charge is 2.32. The van der Waals surface area contributed by atoms with Gasteiger partial charge in [0.1, 0.15) is 0 Å². The number of Topliss-reactive ketones (excluding diaryl/α,β-unsaturated/α-hetero) is 1. The molecule has 3 nitrogen and oxygen atoms in total. The van der Waals surface area contributed by atoms with E-state index in [9.17, 15) is 4.79 Å². The van der Waals surface area contributed by atoms with Crippen LogP contribution in [0.4, 0.5) is 0 Å². The van der Waals surface area contributed by atoms with E-state index < -0.39 is 0 Å². The van der Waals surface area contributed by atoms with Gasteiger partial charge in [-0.15, -0.1) is 0 Å². The maximum atomic E-state index is 12.8. The lowest BCUT2D eigenvalue weighted by atomic mass is 9.80. The Morgan fingerprint density at radius 2 is 1.68 bits per heavy atom. The lowest BCUT2D eigenvalue weighted by Crippen LogP contribution is -2.21. The van der Waals surface area contributed by atoms with E-state index in [4.69, 9.17) is 0 Å². The third-order valence-corrected chi connectivity index (χ3v) is 5.21. The third-order valence-electron chi connectivity index (χ3n) is 5.21. The summed E-state index contributed by atoms with van der Waals surface area (Å²) in [7, 11) is 0. The van der Waals surface area contributed by atoms with Crippen molar-refractivity contribution in [3.05, 3.63) is 82.2 Å². The molecule has 1 aliphatic carbocycles. The molecule has 1 aliphatic rings. The predicted molar refractivity (Wildman–Crippen MR) is 99.6 cm³/mol. The predicted octanol–water partition coefficient (Wildman–Crippen LogP) is 4.71. The number of hydrogen-bond acceptors (Lipinski definition) is 2. The quantitative estimate of drug-likeness (QED) is 0.682. The summed E-state index contributed by atoms with van der Waals surface area (Å²) < 4.78 is 1.96. The van der Waals surface area contributed by atoms with Crippen LogP contribution in [0.25, 0.3) is 5.69 Å². The minimum Gasteiger partial charge on any atom is -0.294 e. The standard InChI is InChI=1S/C22H22N2O/c1-14-8-10-18(11-9-14)24-20-12-17(19-7-5-4-6-15(19)2)13-21(25)22(20)16(3)23-24/h4-11,17H,12-13H2,1-3H3/t17-/m0/s1. The van der Waals surface area contributed by atoms with Crippen LogP contribution in [-0.4, -0.2) is 15.6 Å². The van der Waals surface area contributed by atoms with Crippen LogP contribution in [0.5, 0.6) is 0 Å². The fraction of sp³-hybridized carbons (Fsp3) is 0.273. The van der Waals surface area contributed by atoms with Crippen molar-refractivity contribution in [3.8, 4) is 5.69 Å². The Kier molecular flexibility index (Phi) is 3.79. The molecule has 0 fully saturated rings. The molecule has 0 radical (unpaired) electrons. The number of hydrogen-bond donors (Lipinski definition) is 0. The van der Waals surface area contributed by atoms with Crippen molar-refractivity contribution in [3.63, 3.8) is 0 Å². The number of ketones is 1. The van der Waals surface area contributed by atoms with E-state index in [0.29, 0.717) is 6.42 Å². The number of benzene rings is 2. The SMILES string of the molecule is Cc1ccc(-n2nc(C)c3c2C[C@H](c2ccccc2C)CC3=O)cc1. The summed E-state index contributed by atoms with van der Waals surface area (Å²) in [4.78, 5) is 12.8. The normalized spacial score (nSPS) is 16.8. The van der Waals surface area contributed by atoms with Gasteiger partial charge in [-0.25, -0.2) is 4.68 Å². The van der Waals surface area contributed by atoms with Gasteiger partial charge < -0.3 is 0 Å². The fourth-order valence-electron chi connectivity index (χ4n) is 3.92. The number of nitrogens with zero attached hydrogens (tertiary/aromatic N) is 2. The molecule has 1 atom stereocenters. The number of fused-ring (bicyclic) bond motifs is 1. The first kappa shape index (κ1) is 15.8. The van der Waals surface area contributed by atoms with E-state index >= 15 is 0 Å². The molecule has 1 heterocycles. The molecular weight excluding hydrogens is 308 g/mol. The fourth-order valence-corrected chi connectivity index (χ4v) is 3.92. The first-order valence-corrected chi connectivity index (χ1v) is 8.79. The zero-order valence-electron chi connectivity index (χ0n) is 14.9. The molecule has 1 aromatic heterocycles. The monoisotopic (exact) mass is 330 g/mol. The van der Waals surface area contributed by atoms with E-state index in [2.05, 4.69) is 67.5 Å². The molecule has 4 rings (SSSR count). The van der Waals surface area contributed by atoms with E-state index in [1.807, 2.05) is 11.6 Å². The molecule has 0 saturated carbocycles. The van der Waals surface area contributed by atoms with Gasteiger partial charge in [0.2, 0.25) is 0 Å². The third kappa shape index (κ3) is 2.70. The second kappa shape index (κ2) is 5.99. The average molecular weight is 330 g/mol. The molecule has 3 aromatic rings. The highest BCUT2D eigenvalue weighted by Crippen LogP contribution is 2.36. The van der Waals surface area contributed by atoms with Crippen molar-refractivity contribution < 1.29 is 4.79 Å². The van der Waals surface area contributed by atoms with Crippen LogP contribution >= 0.6 is 0 Å². The second-order valence-corrected chi connectivity index (χ2v) is 7.04. The van der Waals surface area contributed by atoms with Gasteiger partial charge in [-0.3, -0.25) is 4.79 Å². The van der Waals surface area contributed by atoms with Gasteiger partial charge in [-0.2, -0.15) is 5.10 Å². The Morgan fingerprint density at radius 3 is 2.40 bits per heavy atom. The number of aryl methyl sites for hydroxylation is 3. The molecule has 0 bridgehead atoms. The Morgan fingerprint density at radius 1 is 0.960 bits per heavy atom. The minimum absolute atomic E-state index is 0.213. The molecule has 126 valence electrons. The maximum absolute atomic E-state index is 12.8. The lowest BCUT2D eigenvalue weighted by molar-refractivity contribution is 0.0963. The first-order valence-electron chi connectivity index (χ1n) is 8.79. The summed E-state index contributed by atoms with van der Waals surface area (Å²) in [5.41, 5.74) is 7.47. The largest absolute Gasteiger partial charge is 0.294 e. The van der Waals surface area contributed by atoms with E-state index in [1.54, 1.807) is 0 Å². The summed E-state index contributed by atoms with van der Waals surface area (Å²) >= 11 is 0. The molecule has 0 amide bonds. The van der Waals surface area contributed by atoms with Gasteiger partial charge >= 0.3 is 0 Å². The molecular formula is C22H22N2O. The number of rotatable bonds is 2. The van der Waals surface area contributed by atoms with Gasteiger partial charge in [0, 0.05) is 6.42 Å². The van der Waals surface area contributed by atoms with Gasteiger partial charge in [0.05, 0.1) is 22.6 Å². The van der Waals surface area contributed by atoms with Crippen LogP contribution in [0.15, 0.2) is 48.5 Å². The van der Waals surface area contributed by atoms with Crippen molar-refractivity contribution in [1.29, 1.82) is 0 Å². The van der Waals surface area contributed by atoms with Crippen LogP contribution in [0.3, 0.4) is 0 Å². The average Bonchev–Trinajstić information content (AvgIpc) is 2.93. The van der Waals surface area contributed by atoms with Crippen molar-refractivity contribution in [2.45, 2.75) is 39.5 Å². The van der Waals surface area contributed by atoms with Crippen molar-refractivity contribution in [2.24, 2.45) is 0 Å². The number of carbonyl (C=O) groups excluding carboxylic acids is 1. The van der Waals surface area contributed by atoms with Gasteiger partial charge in [0.15, 0.2) is 5.78 Å². The van der Waals surface area contributed by atoms with Crippen LogP contribution < -0.4 is 0 Å². The van der Waals surface area contributed by atoms with Crippen LogP contribution in [0.1, 0.15) is 50.8 Å². The van der Waals surface area contributed by atoms with E-state index in [0.717, 1.165) is 29.1 Å².